The van der Waals surface area contributed by atoms with Crippen molar-refractivity contribution in [2.75, 3.05) is 59.4 Å². The van der Waals surface area contributed by atoms with E-state index in [1.54, 1.807) is 4.88 Å². The Morgan fingerprint density at radius 2 is 1.78 bits per heavy atom. The number of carbonyl (C=O) groups is 1. The van der Waals surface area contributed by atoms with Crippen LogP contribution in [-0.2, 0) is 17.8 Å². The molecule has 9 heteroatoms. The van der Waals surface area contributed by atoms with Gasteiger partial charge in [0.25, 0.3) is 0 Å². The topological polar surface area (TPSA) is 54.4 Å². The molecule has 2 atom stereocenters. The lowest BCUT2D eigenvalue weighted by atomic mass is 10.1. The molecule has 3 aliphatic heterocycles. The van der Waals surface area contributed by atoms with Gasteiger partial charge in [0, 0.05) is 76.9 Å². The van der Waals surface area contributed by atoms with Crippen LogP contribution >= 0.6 is 35.3 Å². The molecule has 7 nitrogen and oxygen atoms in total. The van der Waals surface area contributed by atoms with E-state index in [1.807, 2.05) is 23.3 Å². The molecule has 0 bridgehead atoms. The lowest BCUT2D eigenvalue weighted by molar-refractivity contribution is -0.135. The van der Waals surface area contributed by atoms with E-state index < -0.39 is 0 Å². The summed E-state index contributed by atoms with van der Waals surface area (Å²) >= 11 is 1.89. The number of aliphatic imine (C=N–C) groups is 1. The quantitative estimate of drug-likeness (QED) is 0.333. The minimum atomic E-state index is -0.0173. The van der Waals surface area contributed by atoms with Crippen molar-refractivity contribution in [2.45, 2.75) is 51.7 Å². The summed E-state index contributed by atoms with van der Waals surface area (Å²) in [6, 6.07) is 2.72. The van der Waals surface area contributed by atoms with Crippen LogP contribution in [0.4, 0.5) is 0 Å². The largest absolute Gasteiger partial charge is 0.355 e. The van der Waals surface area contributed by atoms with E-state index in [-0.39, 0.29) is 30.0 Å². The molecule has 1 aromatic heterocycles. The number of hydrogen-bond donors (Lipinski definition) is 1. The van der Waals surface area contributed by atoms with Gasteiger partial charge in [0.2, 0.25) is 5.91 Å². The van der Waals surface area contributed by atoms with Crippen LogP contribution in [-0.4, -0.2) is 103 Å². The molecule has 32 heavy (non-hydrogen) atoms. The van der Waals surface area contributed by atoms with Gasteiger partial charge >= 0.3 is 0 Å². The van der Waals surface area contributed by atoms with Crippen LogP contribution in [0, 0.1) is 0 Å². The van der Waals surface area contributed by atoms with Crippen LogP contribution in [0.1, 0.15) is 37.1 Å². The van der Waals surface area contributed by atoms with Crippen molar-refractivity contribution in [2.24, 2.45) is 4.99 Å². The summed E-state index contributed by atoms with van der Waals surface area (Å²) < 4.78 is 0. The first-order valence-corrected chi connectivity index (χ1v) is 12.7. The first-order valence-electron chi connectivity index (χ1n) is 11.8. The number of nitrogens with one attached hydrogen (secondary N) is 1. The Morgan fingerprint density at radius 1 is 1.06 bits per heavy atom. The number of piperazine rings is 1. The summed E-state index contributed by atoms with van der Waals surface area (Å²) in [6.45, 7) is 13.0. The second kappa shape index (κ2) is 12.0. The number of fused-ring (bicyclic) bond motifs is 1. The van der Waals surface area contributed by atoms with E-state index in [0.29, 0.717) is 11.9 Å². The van der Waals surface area contributed by atoms with Crippen LogP contribution in [0.25, 0.3) is 0 Å². The monoisotopic (exact) mass is 574 g/mol. The SMILES string of the molecule is CN=C(NCC(C)N1CCc2sccc2C1)N1CCN(C(C)C(=O)N2CCCC2)CC1.I. The van der Waals surface area contributed by atoms with E-state index in [4.69, 9.17) is 0 Å². The van der Waals surface area contributed by atoms with E-state index in [1.165, 1.54) is 12.0 Å². The maximum atomic E-state index is 12.7. The standard InChI is InChI=1S/C23H38N6OS.HI/c1-18(29-10-6-21-20(17-29)7-15-31-21)16-25-23(24-3)28-13-11-26(12-14-28)19(2)22(30)27-8-4-5-9-27;/h7,15,18-19H,4-6,8-14,16-17H2,1-3H3,(H,24,25);1H. The third-order valence-electron chi connectivity index (χ3n) is 7.16. The van der Waals surface area contributed by atoms with Crippen molar-refractivity contribution in [3.63, 3.8) is 0 Å². The summed E-state index contributed by atoms with van der Waals surface area (Å²) in [7, 11) is 1.87. The smallest absolute Gasteiger partial charge is 0.239 e. The van der Waals surface area contributed by atoms with Gasteiger partial charge < -0.3 is 15.1 Å². The summed E-state index contributed by atoms with van der Waals surface area (Å²) in [5.41, 5.74) is 1.50. The van der Waals surface area contributed by atoms with Crippen LogP contribution in [0.3, 0.4) is 0 Å². The van der Waals surface area contributed by atoms with Gasteiger partial charge in [-0.1, -0.05) is 0 Å². The predicted octanol–water partition coefficient (Wildman–Crippen LogP) is 2.32. The molecule has 2 saturated heterocycles. The van der Waals surface area contributed by atoms with Gasteiger partial charge in [0.05, 0.1) is 6.04 Å². The lowest BCUT2D eigenvalue weighted by Crippen LogP contribution is -2.57. The van der Waals surface area contributed by atoms with Gasteiger partial charge in [-0.05, 0) is 50.1 Å². The van der Waals surface area contributed by atoms with Gasteiger partial charge in [-0.3, -0.25) is 19.6 Å². The van der Waals surface area contributed by atoms with Gasteiger partial charge in [-0.2, -0.15) is 0 Å². The molecule has 3 aliphatic rings. The molecule has 2 fully saturated rings. The third-order valence-corrected chi connectivity index (χ3v) is 8.19. The minimum Gasteiger partial charge on any atom is -0.355 e. The molecule has 0 aromatic carbocycles. The fourth-order valence-electron chi connectivity index (χ4n) is 5.03. The number of rotatable bonds is 5. The molecule has 0 spiro atoms. The highest BCUT2D eigenvalue weighted by molar-refractivity contribution is 14.0. The Balaban J connectivity index is 0.00000289. The highest BCUT2D eigenvalue weighted by atomic mass is 127. The molecular formula is C23H39IN6OS. The molecule has 1 amide bonds. The van der Waals surface area contributed by atoms with E-state index >= 15 is 0 Å². The van der Waals surface area contributed by atoms with Crippen LogP contribution < -0.4 is 5.32 Å². The third kappa shape index (κ3) is 5.95. The van der Waals surface area contributed by atoms with E-state index in [2.05, 4.69) is 50.3 Å². The molecule has 4 heterocycles. The van der Waals surface area contributed by atoms with Crippen molar-refractivity contribution >= 4 is 47.2 Å². The molecule has 2 unspecified atom stereocenters. The van der Waals surface area contributed by atoms with E-state index in [9.17, 15) is 4.79 Å². The number of carbonyl (C=O) groups excluding carboxylic acids is 1. The van der Waals surface area contributed by atoms with Gasteiger partial charge in [0.15, 0.2) is 5.96 Å². The first-order chi connectivity index (χ1) is 15.1. The molecule has 1 N–H and O–H groups in total. The normalized spacial score (nSPS) is 22.3. The molecule has 4 rings (SSSR count). The lowest BCUT2D eigenvalue weighted by Gasteiger charge is -2.40. The van der Waals surface area contributed by atoms with Gasteiger partial charge in [-0.15, -0.1) is 35.3 Å². The summed E-state index contributed by atoms with van der Waals surface area (Å²) in [5, 5.41) is 5.83. The second-order valence-corrected chi connectivity index (χ2v) is 10.1. The number of hydrogen-bond acceptors (Lipinski definition) is 5. The number of likely N-dealkylation sites (tertiary alicyclic amines) is 1. The zero-order chi connectivity index (χ0) is 21.8. The van der Waals surface area contributed by atoms with Crippen molar-refractivity contribution in [3.05, 3.63) is 21.9 Å². The Kier molecular flexibility index (Phi) is 9.63. The zero-order valence-corrected chi connectivity index (χ0v) is 22.9. The summed E-state index contributed by atoms with van der Waals surface area (Å²) in [6.07, 6.45) is 3.47. The number of amides is 1. The maximum Gasteiger partial charge on any atom is 0.239 e. The Bertz CT molecular complexity index is 772. The highest BCUT2D eigenvalue weighted by Crippen LogP contribution is 2.25. The Morgan fingerprint density at radius 3 is 2.47 bits per heavy atom. The fourth-order valence-corrected chi connectivity index (χ4v) is 5.92. The first kappa shape index (κ1) is 25.7. The van der Waals surface area contributed by atoms with Crippen molar-refractivity contribution < 1.29 is 4.79 Å². The van der Waals surface area contributed by atoms with Crippen LogP contribution in [0.5, 0.6) is 0 Å². The number of halogens is 1. The average Bonchev–Trinajstić information content (AvgIpc) is 3.50. The predicted molar refractivity (Wildman–Crippen MR) is 143 cm³/mol. The second-order valence-electron chi connectivity index (χ2n) is 9.10. The van der Waals surface area contributed by atoms with Crippen molar-refractivity contribution in [1.29, 1.82) is 0 Å². The molecule has 180 valence electrons. The minimum absolute atomic E-state index is 0. The number of thiophene rings is 1. The molecule has 1 aromatic rings. The molecular weight excluding hydrogens is 535 g/mol. The number of guanidine groups is 1. The molecule has 0 saturated carbocycles. The van der Waals surface area contributed by atoms with Crippen molar-refractivity contribution in [3.8, 4) is 0 Å². The Labute approximate surface area is 214 Å². The average molecular weight is 575 g/mol. The number of nitrogens with zero attached hydrogens (tertiary/aromatic N) is 5. The van der Waals surface area contributed by atoms with Gasteiger partial charge in [-0.25, -0.2) is 0 Å². The van der Waals surface area contributed by atoms with Crippen LogP contribution in [0.2, 0.25) is 0 Å². The summed E-state index contributed by atoms with van der Waals surface area (Å²) in [4.78, 5) is 28.1. The molecule has 0 radical (unpaired) electrons. The van der Waals surface area contributed by atoms with Gasteiger partial charge in [0.1, 0.15) is 0 Å². The Hall–Kier alpha value is -0.910. The maximum absolute atomic E-state index is 12.7. The summed E-state index contributed by atoms with van der Waals surface area (Å²) in [5.74, 6) is 1.29. The zero-order valence-electron chi connectivity index (χ0n) is 19.8. The van der Waals surface area contributed by atoms with Crippen LogP contribution in [0.15, 0.2) is 16.4 Å². The molecule has 0 aliphatic carbocycles. The van der Waals surface area contributed by atoms with E-state index in [0.717, 1.165) is 77.7 Å². The highest BCUT2D eigenvalue weighted by Gasteiger charge is 2.30. The fraction of sp³-hybridized carbons (Fsp3) is 0.739. The van der Waals surface area contributed by atoms with Crippen molar-refractivity contribution in [1.82, 2.24) is 24.9 Å².